The van der Waals surface area contributed by atoms with Gasteiger partial charge in [-0.15, -0.1) is 11.8 Å². The van der Waals surface area contributed by atoms with Gasteiger partial charge < -0.3 is 20.7 Å². The molecule has 1 aliphatic heterocycles. The maximum absolute atomic E-state index is 13.2. The van der Waals surface area contributed by atoms with E-state index in [1.54, 1.807) is 32.5 Å². The van der Waals surface area contributed by atoms with Crippen LogP contribution in [0.4, 0.5) is 0 Å². The minimum atomic E-state index is -1.23. The Morgan fingerprint density at radius 2 is 1.92 bits per heavy atom. The summed E-state index contributed by atoms with van der Waals surface area (Å²) in [6.07, 6.45) is 6.73. The fourth-order valence-corrected chi connectivity index (χ4v) is 5.68. The van der Waals surface area contributed by atoms with Crippen molar-refractivity contribution in [3.8, 4) is 0 Å². The van der Waals surface area contributed by atoms with Crippen LogP contribution in [0.15, 0.2) is 34.9 Å². The van der Waals surface area contributed by atoms with E-state index in [1.807, 2.05) is 31.4 Å². The van der Waals surface area contributed by atoms with Gasteiger partial charge in [-0.2, -0.15) is 0 Å². The summed E-state index contributed by atoms with van der Waals surface area (Å²) in [6, 6.07) is 0. The molecule has 2 rings (SSSR count). The lowest BCUT2D eigenvalue weighted by Gasteiger charge is -2.34. The molecule has 1 heterocycles. The summed E-state index contributed by atoms with van der Waals surface area (Å²) in [4.78, 5) is 26.2. The van der Waals surface area contributed by atoms with E-state index in [0.717, 1.165) is 24.8 Å². The number of fused-ring (bicyclic) bond motifs is 1. The van der Waals surface area contributed by atoms with Crippen molar-refractivity contribution in [2.24, 2.45) is 34.3 Å². The summed E-state index contributed by atoms with van der Waals surface area (Å²) in [5, 5.41) is 24.1. The Bertz CT molecular complexity index is 910. The molecular weight excluding hydrogens is 486 g/mol. The number of hydrogen-bond donors (Lipinski definition) is 3. The summed E-state index contributed by atoms with van der Waals surface area (Å²) < 4.78 is 5.93. The van der Waals surface area contributed by atoms with E-state index in [-0.39, 0.29) is 23.5 Å². The summed E-state index contributed by atoms with van der Waals surface area (Å²) in [7, 11) is 0. The fraction of sp³-hybridized carbons (Fsp3) is 0.733. The zero-order chi connectivity index (χ0) is 28.1. The van der Waals surface area contributed by atoms with Crippen molar-refractivity contribution >= 4 is 23.5 Å². The maximum Gasteiger partial charge on any atom is 0.309 e. The molecule has 0 saturated heterocycles. The van der Waals surface area contributed by atoms with Gasteiger partial charge in [0, 0.05) is 22.8 Å². The van der Waals surface area contributed by atoms with Crippen LogP contribution >= 0.6 is 11.8 Å². The van der Waals surface area contributed by atoms with Crippen LogP contribution in [0.3, 0.4) is 0 Å². The largest absolute Gasteiger partial charge is 0.458 e. The van der Waals surface area contributed by atoms with Crippen molar-refractivity contribution in [3.63, 3.8) is 0 Å². The Hall–Kier alpha value is -1.57. The second kappa shape index (κ2) is 13.0. The highest BCUT2D eigenvalue weighted by atomic mass is 32.2. The molecule has 1 aliphatic carbocycles. The number of aliphatic hydroxyl groups is 2. The van der Waals surface area contributed by atoms with E-state index in [2.05, 4.69) is 26.8 Å². The first kappa shape index (κ1) is 31.6. The average Bonchev–Trinajstić information content (AvgIpc) is 3.47. The van der Waals surface area contributed by atoms with Crippen molar-refractivity contribution in [3.05, 3.63) is 34.9 Å². The highest BCUT2D eigenvalue weighted by Crippen LogP contribution is 2.58. The maximum atomic E-state index is 13.2. The molecule has 0 aromatic heterocycles. The van der Waals surface area contributed by atoms with Gasteiger partial charge in [0.2, 0.25) is 0 Å². The molecule has 3 unspecified atom stereocenters. The smallest absolute Gasteiger partial charge is 0.309 e. The van der Waals surface area contributed by atoms with Gasteiger partial charge in [-0.3, -0.25) is 9.59 Å². The van der Waals surface area contributed by atoms with Crippen LogP contribution in [0.25, 0.3) is 0 Å². The van der Waals surface area contributed by atoms with Crippen LogP contribution in [-0.2, 0) is 14.3 Å². The Kier molecular flexibility index (Phi) is 11.1. The molecule has 0 aromatic carbocycles. The molecule has 210 valence electrons. The number of Topliss-reactive ketones (excluding diaryl/α,β-unsaturated/α-hetero) is 1. The van der Waals surface area contributed by atoms with Crippen molar-refractivity contribution < 1.29 is 24.5 Å². The van der Waals surface area contributed by atoms with E-state index < -0.39 is 35.6 Å². The average molecular weight is 536 g/mol. The third-order valence-corrected chi connectivity index (χ3v) is 9.75. The SMILES string of the molecule is CCC(C)S/C=C(N)/C=C(\C)[C@@H]1CC2CC2(C)C/C=C/[C@H](C)[C@H](O)[C@@H](C)C(=O)C(C)(C)[C@@H](O)CC(=O)O1. The summed E-state index contributed by atoms with van der Waals surface area (Å²) in [5.74, 6) is -1.32. The number of carbonyl (C=O) groups is 2. The number of esters is 1. The number of ketones is 1. The molecule has 4 N–H and O–H groups in total. The second-order valence-corrected chi connectivity index (χ2v) is 13.5. The molecule has 0 aromatic rings. The van der Waals surface area contributed by atoms with Crippen molar-refractivity contribution in [2.45, 2.75) is 111 Å². The number of nitrogens with two attached hydrogens (primary N) is 1. The minimum Gasteiger partial charge on any atom is -0.458 e. The standard InChI is InChI=1S/C30H49NO5S/c1-9-20(4)37-17-23(31)13-19(3)24-14-22-16-30(22,8)12-10-11-18(2)27(34)21(5)28(35)29(6,7)25(32)15-26(33)36-24/h10-11,13,17-18,20-22,24-25,27,32,34H,9,12,14-16,31H2,1-8H3/b11-10+,19-13+,23-17-/t18-,20?,21+,22?,24-,25-,27-,30?/m0/s1. The zero-order valence-corrected chi connectivity index (χ0v) is 24.8. The topological polar surface area (TPSA) is 110 Å². The number of hydrogen-bond acceptors (Lipinski definition) is 7. The van der Waals surface area contributed by atoms with Gasteiger partial charge in [0.25, 0.3) is 0 Å². The van der Waals surface area contributed by atoms with Crippen molar-refractivity contribution in [2.75, 3.05) is 0 Å². The molecule has 0 spiro atoms. The highest BCUT2D eigenvalue weighted by Gasteiger charge is 2.50. The van der Waals surface area contributed by atoms with Crippen LogP contribution < -0.4 is 5.73 Å². The zero-order valence-electron chi connectivity index (χ0n) is 24.0. The number of carbonyl (C=O) groups excluding carboxylic acids is 2. The molecule has 0 bridgehead atoms. The number of cyclic esters (lactones) is 1. The summed E-state index contributed by atoms with van der Waals surface area (Å²) in [6.45, 7) is 15.3. The Labute approximate surface area is 228 Å². The third-order valence-electron chi connectivity index (χ3n) is 8.54. The van der Waals surface area contributed by atoms with Crippen LogP contribution in [0.1, 0.15) is 87.5 Å². The Morgan fingerprint density at radius 1 is 1.27 bits per heavy atom. The molecule has 2 aliphatic rings. The van der Waals surface area contributed by atoms with Crippen LogP contribution in [0.2, 0.25) is 0 Å². The van der Waals surface area contributed by atoms with Crippen LogP contribution in [0.5, 0.6) is 0 Å². The van der Waals surface area contributed by atoms with E-state index >= 15 is 0 Å². The Morgan fingerprint density at radius 3 is 2.54 bits per heavy atom. The van der Waals surface area contributed by atoms with Crippen molar-refractivity contribution in [1.29, 1.82) is 0 Å². The van der Waals surface area contributed by atoms with Gasteiger partial charge in [0.15, 0.2) is 0 Å². The number of ether oxygens (including phenoxy) is 1. The molecule has 1 fully saturated rings. The van der Waals surface area contributed by atoms with E-state index in [9.17, 15) is 19.8 Å². The summed E-state index contributed by atoms with van der Waals surface area (Å²) >= 11 is 1.68. The van der Waals surface area contributed by atoms with Crippen LogP contribution in [-0.4, -0.2) is 45.5 Å². The fourth-order valence-electron chi connectivity index (χ4n) is 5.03. The van der Waals surface area contributed by atoms with Gasteiger partial charge in [-0.05, 0) is 61.0 Å². The number of aliphatic hydroxyl groups excluding tert-OH is 2. The van der Waals surface area contributed by atoms with Gasteiger partial charge in [0.05, 0.1) is 24.0 Å². The number of allylic oxidation sites excluding steroid dienone is 2. The predicted molar refractivity (Wildman–Crippen MR) is 152 cm³/mol. The summed E-state index contributed by atoms with van der Waals surface area (Å²) in [5.41, 5.74) is 6.64. The monoisotopic (exact) mass is 535 g/mol. The quantitative estimate of drug-likeness (QED) is 0.241. The van der Waals surface area contributed by atoms with Crippen LogP contribution in [0, 0.1) is 28.6 Å². The molecular formula is C30H49NO5S. The van der Waals surface area contributed by atoms with Crippen molar-refractivity contribution in [1.82, 2.24) is 0 Å². The molecule has 6 nitrogen and oxygen atoms in total. The lowest BCUT2D eigenvalue weighted by Crippen LogP contribution is -2.45. The van der Waals surface area contributed by atoms with E-state index in [1.165, 1.54) is 0 Å². The number of rotatable bonds is 5. The second-order valence-electron chi connectivity index (χ2n) is 12.2. The van der Waals surface area contributed by atoms with E-state index in [4.69, 9.17) is 10.5 Å². The molecule has 8 atom stereocenters. The number of thioether (sulfide) groups is 1. The van der Waals surface area contributed by atoms with Gasteiger partial charge in [-0.1, -0.05) is 60.6 Å². The molecule has 0 radical (unpaired) electrons. The van der Waals surface area contributed by atoms with Gasteiger partial charge in [-0.25, -0.2) is 0 Å². The lowest BCUT2D eigenvalue weighted by molar-refractivity contribution is -0.154. The molecule has 0 amide bonds. The normalized spacial score (nSPS) is 37.9. The molecule has 37 heavy (non-hydrogen) atoms. The predicted octanol–water partition coefficient (Wildman–Crippen LogP) is 5.53. The van der Waals surface area contributed by atoms with Gasteiger partial charge >= 0.3 is 5.97 Å². The first-order valence-corrected chi connectivity index (χ1v) is 14.6. The highest BCUT2D eigenvalue weighted by molar-refractivity contribution is 8.02. The minimum absolute atomic E-state index is 0.0971. The first-order valence-electron chi connectivity index (χ1n) is 13.7. The molecule has 1 saturated carbocycles. The first-order chi connectivity index (χ1) is 17.1. The van der Waals surface area contributed by atoms with Gasteiger partial charge in [0.1, 0.15) is 11.9 Å². The lowest BCUT2D eigenvalue weighted by atomic mass is 9.73. The van der Waals surface area contributed by atoms with E-state index in [0.29, 0.717) is 23.3 Å². The Balaban J connectivity index is 2.34. The molecule has 7 heteroatoms. The third kappa shape index (κ3) is 8.46.